The van der Waals surface area contributed by atoms with Gasteiger partial charge in [0, 0.05) is 37.6 Å². The van der Waals surface area contributed by atoms with E-state index in [1.807, 2.05) is 24.6 Å². The van der Waals surface area contributed by atoms with Crippen molar-refractivity contribution in [1.29, 1.82) is 0 Å². The zero-order chi connectivity index (χ0) is 12.3. The predicted octanol–water partition coefficient (Wildman–Crippen LogP) is 2.80. The Labute approximate surface area is 104 Å². The lowest BCUT2D eigenvalue weighted by Gasteiger charge is -2.09. The number of pyridine rings is 1. The minimum Gasteiger partial charge on any atom is -0.350 e. The van der Waals surface area contributed by atoms with Crippen molar-refractivity contribution in [3.8, 4) is 10.6 Å². The van der Waals surface area contributed by atoms with Crippen LogP contribution >= 0.6 is 11.3 Å². The van der Waals surface area contributed by atoms with Gasteiger partial charge in [-0.3, -0.25) is 4.98 Å². The molecule has 0 aliphatic carbocycles. The molecule has 2 aromatic rings. The van der Waals surface area contributed by atoms with Gasteiger partial charge in [0.05, 0.1) is 0 Å². The molecule has 4 nitrogen and oxygen atoms in total. The van der Waals surface area contributed by atoms with E-state index in [-0.39, 0.29) is 0 Å². The number of rotatable bonds is 4. The standard InChI is InChI=1S/C12H14N2O2S/c1-8-6-13-5-4-9(8)11-14-10(7-17-11)12(15-2)16-3/h4-7,12H,1-3H3. The Morgan fingerprint density at radius 3 is 2.71 bits per heavy atom. The average molecular weight is 250 g/mol. The maximum atomic E-state index is 5.17. The number of nitrogens with zero attached hydrogens (tertiary/aromatic N) is 2. The number of ether oxygens (including phenoxy) is 2. The summed E-state index contributed by atoms with van der Waals surface area (Å²) in [6.07, 6.45) is 3.20. The molecule has 0 aliphatic heterocycles. The van der Waals surface area contributed by atoms with E-state index in [4.69, 9.17) is 9.47 Å². The molecule has 0 aliphatic rings. The topological polar surface area (TPSA) is 44.2 Å². The van der Waals surface area contributed by atoms with Crippen molar-refractivity contribution in [3.63, 3.8) is 0 Å². The van der Waals surface area contributed by atoms with Crippen LogP contribution in [0.4, 0.5) is 0 Å². The normalized spacial score (nSPS) is 11.1. The summed E-state index contributed by atoms with van der Waals surface area (Å²) >= 11 is 1.58. The minimum atomic E-state index is -0.401. The van der Waals surface area contributed by atoms with Crippen LogP contribution in [0.2, 0.25) is 0 Å². The van der Waals surface area contributed by atoms with Crippen LogP contribution in [-0.2, 0) is 9.47 Å². The number of methoxy groups -OCH3 is 2. The van der Waals surface area contributed by atoms with Crippen molar-refractivity contribution >= 4 is 11.3 Å². The van der Waals surface area contributed by atoms with Crippen molar-refractivity contribution in [2.45, 2.75) is 13.2 Å². The first-order valence-corrected chi connectivity index (χ1v) is 6.06. The Bertz CT molecular complexity index is 495. The molecule has 0 saturated carbocycles. The second-order valence-corrected chi connectivity index (χ2v) is 4.43. The van der Waals surface area contributed by atoms with Crippen LogP contribution in [0.25, 0.3) is 10.6 Å². The molecule has 0 fully saturated rings. The van der Waals surface area contributed by atoms with Crippen molar-refractivity contribution in [3.05, 3.63) is 35.1 Å². The molecule has 0 atom stereocenters. The smallest absolute Gasteiger partial charge is 0.201 e. The maximum Gasteiger partial charge on any atom is 0.201 e. The van der Waals surface area contributed by atoms with Crippen LogP contribution in [0.1, 0.15) is 17.5 Å². The first kappa shape index (κ1) is 12.2. The Balaban J connectivity index is 2.33. The zero-order valence-corrected chi connectivity index (χ0v) is 10.8. The van der Waals surface area contributed by atoms with Gasteiger partial charge in [-0.1, -0.05) is 0 Å². The van der Waals surface area contributed by atoms with Gasteiger partial charge >= 0.3 is 0 Å². The molecular formula is C12H14N2O2S. The average Bonchev–Trinajstić information content (AvgIpc) is 2.81. The molecule has 0 unspecified atom stereocenters. The lowest BCUT2D eigenvalue weighted by atomic mass is 10.2. The van der Waals surface area contributed by atoms with E-state index in [2.05, 4.69) is 9.97 Å². The quantitative estimate of drug-likeness (QED) is 0.783. The van der Waals surface area contributed by atoms with Gasteiger partial charge in [-0.05, 0) is 18.6 Å². The van der Waals surface area contributed by atoms with Crippen LogP contribution in [0.3, 0.4) is 0 Å². The fraction of sp³-hybridized carbons (Fsp3) is 0.333. The fourth-order valence-corrected chi connectivity index (χ4v) is 2.48. The molecule has 0 amide bonds. The van der Waals surface area contributed by atoms with Gasteiger partial charge in [-0.2, -0.15) is 0 Å². The predicted molar refractivity (Wildman–Crippen MR) is 66.8 cm³/mol. The van der Waals surface area contributed by atoms with E-state index in [1.165, 1.54) is 0 Å². The Morgan fingerprint density at radius 2 is 2.06 bits per heavy atom. The van der Waals surface area contributed by atoms with Crippen molar-refractivity contribution in [2.75, 3.05) is 14.2 Å². The highest BCUT2D eigenvalue weighted by Gasteiger charge is 2.14. The third-order valence-corrected chi connectivity index (χ3v) is 3.34. The Morgan fingerprint density at radius 1 is 1.29 bits per heavy atom. The number of aromatic nitrogens is 2. The summed E-state index contributed by atoms with van der Waals surface area (Å²) in [6.45, 7) is 2.02. The maximum absolute atomic E-state index is 5.17. The highest BCUT2D eigenvalue weighted by Crippen LogP contribution is 2.29. The third kappa shape index (κ3) is 2.52. The third-order valence-electron chi connectivity index (χ3n) is 2.44. The second-order valence-electron chi connectivity index (χ2n) is 3.57. The van der Waals surface area contributed by atoms with Gasteiger partial charge in [-0.15, -0.1) is 11.3 Å². The van der Waals surface area contributed by atoms with Gasteiger partial charge in [0.15, 0.2) is 0 Å². The van der Waals surface area contributed by atoms with E-state index >= 15 is 0 Å². The van der Waals surface area contributed by atoms with Crippen molar-refractivity contribution < 1.29 is 9.47 Å². The van der Waals surface area contributed by atoms with Crippen LogP contribution < -0.4 is 0 Å². The molecule has 5 heteroatoms. The van der Waals surface area contributed by atoms with Gasteiger partial charge in [0.2, 0.25) is 6.29 Å². The largest absolute Gasteiger partial charge is 0.350 e. The first-order valence-electron chi connectivity index (χ1n) is 5.18. The summed E-state index contributed by atoms with van der Waals surface area (Å²) < 4.78 is 10.3. The van der Waals surface area contributed by atoms with E-state index in [9.17, 15) is 0 Å². The van der Waals surface area contributed by atoms with E-state index < -0.39 is 6.29 Å². The molecular weight excluding hydrogens is 236 g/mol. The molecule has 0 bridgehead atoms. The number of thiazole rings is 1. The monoisotopic (exact) mass is 250 g/mol. The van der Waals surface area contributed by atoms with Crippen LogP contribution in [0.15, 0.2) is 23.8 Å². The molecule has 0 spiro atoms. The zero-order valence-electron chi connectivity index (χ0n) is 10.0. The van der Waals surface area contributed by atoms with Crippen molar-refractivity contribution in [2.24, 2.45) is 0 Å². The molecule has 0 N–H and O–H groups in total. The minimum absolute atomic E-state index is 0.401. The fourth-order valence-electron chi connectivity index (χ4n) is 1.57. The first-order chi connectivity index (χ1) is 8.26. The van der Waals surface area contributed by atoms with E-state index in [1.54, 1.807) is 31.8 Å². The molecule has 0 aromatic carbocycles. The van der Waals surface area contributed by atoms with Crippen LogP contribution in [-0.4, -0.2) is 24.2 Å². The Kier molecular flexibility index (Phi) is 3.83. The second kappa shape index (κ2) is 5.35. The lowest BCUT2D eigenvalue weighted by molar-refractivity contribution is -0.108. The summed E-state index contributed by atoms with van der Waals surface area (Å²) in [7, 11) is 3.20. The molecule has 0 radical (unpaired) electrons. The highest BCUT2D eigenvalue weighted by molar-refractivity contribution is 7.13. The Hall–Kier alpha value is -1.30. The summed E-state index contributed by atoms with van der Waals surface area (Å²) in [5.74, 6) is 0. The lowest BCUT2D eigenvalue weighted by Crippen LogP contribution is -2.03. The van der Waals surface area contributed by atoms with Gasteiger partial charge in [0.25, 0.3) is 0 Å². The van der Waals surface area contributed by atoms with Crippen LogP contribution in [0.5, 0.6) is 0 Å². The summed E-state index contributed by atoms with van der Waals surface area (Å²) in [4.78, 5) is 8.60. The molecule has 17 heavy (non-hydrogen) atoms. The number of hydrogen-bond donors (Lipinski definition) is 0. The highest BCUT2D eigenvalue weighted by atomic mass is 32.1. The van der Waals surface area contributed by atoms with Crippen LogP contribution in [0, 0.1) is 6.92 Å². The van der Waals surface area contributed by atoms with Gasteiger partial charge in [-0.25, -0.2) is 4.98 Å². The summed E-state index contributed by atoms with van der Waals surface area (Å²) in [6, 6.07) is 1.96. The summed E-state index contributed by atoms with van der Waals surface area (Å²) in [5.41, 5.74) is 3.01. The van der Waals surface area contributed by atoms with E-state index in [0.29, 0.717) is 0 Å². The molecule has 90 valence electrons. The van der Waals surface area contributed by atoms with E-state index in [0.717, 1.165) is 21.8 Å². The molecule has 2 aromatic heterocycles. The SMILES string of the molecule is COC(OC)c1csc(-c2ccncc2C)n1. The number of hydrogen-bond acceptors (Lipinski definition) is 5. The molecule has 2 heterocycles. The molecule has 2 rings (SSSR count). The van der Waals surface area contributed by atoms with Gasteiger partial charge in [0.1, 0.15) is 10.7 Å². The number of aryl methyl sites for hydroxylation is 1. The van der Waals surface area contributed by atoms with Gasteiger partial charge < -0.3 is 9.47 Å². The summed E-state index contributed by atoms with van der Waals surface area (Å²) in [5, 5.41) is 2.91. The van der Waals surface area contributed by atoms with Crippen molar-refractivity contribution in [1.82, 2.24) is 9.97 Å². The molecule has 0 saturated heterocycles.